The molecule has 0 atom stereocenters. The first-order chi connectivity index (χ1) is 12.0. The van der Waals surface area contributed by atoms with E-state index >= 15 is 0 Å². The molecule has 0 aliphatic carbocycles. The van der Waals surface area contributed by atoms with E-state index in [4.69, 9.17) is 9.47 Å². The van der Waals surface area contributed by atoms with Gasteiger partial charge in [0.05, 0.1) is 18.1 Å². The summed E-state index contributed by atoms with van der Waals surface area (Å²) in [5.74, 6) is 0.0419. The number of ether oxygens (including phenoxy) is 2. The Morgan fingerprint density at radius 2 is 2.00 bits per heavy atom. The summed E-state index contributed by atoms with van der Waals surface area (Å²) in [6.45, 7) is 2.20. The maximum Gasteiger partial charge on any atom is 0.314 e. The number of nitrogens with one attached hydrogen (secondary N) is 1. The first kappa shape index (κ1) is 18.3. The van der Waals surface area contributed by atoms with E-state index in [0.717, 1.165) is 5.56 Å². The van der Waals surface area contributed by atoms with Gasteiger partial charge in [0.1, 0.15) is 5.75 Å². The van der Waals surface area contributed by atoms with Crippen molar-refractivity contribution in [2.75, 3.05) is 20.3 Å². The van der Waals surface area contributed by atoms with Gasteiger partial charge in [0.15, 0.2) is 12.4 Å². The molecule has 0 bridgehead atoms. The smallest absolute Gasteiger partial charge is 0.314 e. The van der Waals surface area contributed by atoms with Crippen LogP contribution in [0.4, 0.5) is 5.69 Å². The number of methoxy groups -OCH3 is 1. The van der Waals surface area contributed by atoms with E-state index < -0.39 is 4.92 Å². The van der Waals surface area contributed by atoms with Gasteiger partial charge in [-0.15, -0.1) is 0 Å². The molecule has 0 aromatic heterocycles. The number of benzene rings is 2. The molecule has 1 N–H and O–H groups in total. The number of nitro groups is 1. The largest absolute Gasteiger partial charge is 0.496 e. The van der Waals surface area contributed by atoms with E-state index in [2.05, 4.69) is 5.32 Å². The number of carbonyl (C=O) groups excluding carboxylic acids is 1. The van der Waals surface area contributed by atoms with Crippen molar-refractivity contribution < 1.29 is 19.2 Å². The molecule has 0 fully saturated rings. The molecule has 0 saturated carbocycles. The lowest BCUT2D eigenvalue weighted by atomic mass is 10.1. The van der Waals surface area contributed by atoms with Crippen molar-refractivity contribution in [3.63, 3.8) is 0 Å². The van der Waals surface area contributed by atoms with Crippen LogP contribution in [0, 0.1) is 17.0 Å². The van der Waals surface area contributed by atoms with Crippen LogP contribution in [0.5, 0.6) is 11.5 Å². The number of hydrogen-bond acceptors (Lipinski definition) is 5. The fraction of sp³-hybridized carbons (Fsp3) is 0.278. The van der Waals surface area contributed by atoms with Crippen molar-refractivity contribution in [3.05, 3.63) is 63.7 Å². The summed E-state index contributed by atoms with van der Waals surface area (Å²) in [5.41, 5.74) is 2.09. The normalized spacial score (nSPS) is 10.2. The summed E-state index contributed by atoms with van der Waals surface area (Å²) in [6, 6.07) is 12.2. The molecule has 132 valence electrons. The Labute approximate surface area is 145 Å². The average molecular weight is 344 g/mol. The van der Waals surface area contributed by atoms with Gasteiger partial charge < -0.3 is 14.8 Å². The van der Waals surface area contributed by atoms with Crippen molar-refractivity contribution in [2.24, 2.45) is 0 Å². The fourth-order valence-electron chi connectivity index (χ4n) is 2.31. The predicted octanol–water partition coefficient (Wildman–Crippen LogP) is 2.65. The van der Waals surface area contributed by atoms with Crippen LogP contribution < -0.4 is 14.8 Å². The minimum absolute atomic E-state index is 0.0276. The highest BCUT2D eigenvalue weighted by Gasteiger charge is 2.17. The molecule has 0 heterocycles. The second-order valence-corrected chi connectivity index (χ2v) is 5.41. The van der Waals surface area contributed by atoms with Gasteiger partial charge in [-0.1, -0.05) is 24.3 Å². The standard InChI is InChI=1S/C18H20N2O5/c1-13-5-3-4-6-14(13)9-10-19-18(21)12-25-17-8-7-15(24-2)11-16(17)20(22)23/h3-8,11H,9-10,12H2,1-2H3,(H,19,21). The number of nitro benzene ring substituents is 1. The number of hydrogen-bond donors (Lipinski definition) is 1. The van der Waals surface area contributed by atoms with E-state index in [0.29, 0.717) is 18.7 Å². The van der Waals surface area contributed by atoms with Crippen LogP contribution in [-0.4, -0.2) is 31.1 Å². The quantitative estimate of drug-likeness (QED) is 0.587. The minimum atomic E-state index is -0.575. The molecule has 7 heteroatoms. The third-order valence-corrected chi connectivity index (χ3v) is 3.70. The maximum absolute atomic E-state index is 11.9. The topological polar surface area (TPSA) is 90.7 Å². The van der Waals surface area contributed by atoms with Crippen LogP contribution in [0.3, 0.4) is 0 Å². The van der Waals surface area contributed by atoms with E-state index in [-0.39, 0.29) is 24.0 Å². The Balaban J connectivity index is 1.86. The lowest BCUT2D eigenvalue weighted by molar-refractivity contribution is -0.385. The Morgan fingerprint density at radius 3 is 2.68 bits per heavy atom. The van der Waals surface area contributed by atoms with Crippen molar-refractivity contribution in [3.8, 4) is 11.5 Å². The van der Waals surface area contributed by atoms with Crippen LogP contribution in [0.25, 0.3) is 0 Å². The highest BCUT2D eigenvalue weighted by molar-refractivity contribution is 5.77. The van der Waals surface area contributed by atoms with Crippen LogP contribution >= 0.6 is 0 Å². The van der Waals surface area contributed by atoms with Gasteiger partial charge in [0, 0.05) is 6.54 Å². The Bertz CT molecular complexity index is 761. The number of nitrogens with zero attached hydrogens (tertiary/aromatic N) is 1. The molecular formula is C18H20N2O5. The molecule has 0 spiro atoms. The molecule has 7 nitrogen and oxygen atoms in total. The van der Waals surface area contributed by atoms with Crippen LogP contribution in [0.15, 0.2) is 42.5 Å². The van der Waals surface area contributed by atoms with Crippen molar-refractivity contribution in [2.45, 2.75) is 13.3 Å². The predicted molar refractivity (Wildman–Crippen MR) is 93.0 cm³/mol. The first-order valence-electron chi connectivity index (χ1n) is 7.77. The molecule has 0 aliphatic heterocycles. The summed E-state index contributed by atoms with van der Waals surface area (Å²) in [4.78, 5) is 22.4. The molecule has 0 radical (unpaired) electrons. The molecule has 1 amide bonds. The molecule has 0 saturated heterocycles. The summed E-state index contributed by atoms with van der Waals surface area (Å²) < 4.78 is 10.2. The highest BCUT2D eigenvalue weighted by atomic mass is 16.6. The molecule has 25 heavy (non-hydrogen) atoms. The zero-order chi connectivity index (χ0) is 18.2. The first-order valence-corrected chi connectivity index (χ1v) is 7.77. The van der Waals surface area contributed by atoms with Crippen LogP contribution in [-0.2, 0) is 11.2 Å². The number of carbonyl (C=O) groups is 1. The van der Waals surface area contributed by atoms with Crippen LogP contribution in [0.1, 0.15) is 11.1 Å². The van der Waals surface area contributed by atoms with E-state index in [1.807, 2.05) is 31.2 Å². The molecule has 0 aliphatic rings. The van der Waals surface area contributed by atoms with Gasteiger partial charge in [-0.25, -0.2) is 0 Å². The number of rotatable bonds is 8. The van der Waals surface area contributed by atoms with Gasteiger partial charge in [-0.3, -0.25) is 14.9 Å². The summed E-state index contributed by atoms with van der Waals surface area (Å²) in [5, 5.41) is 13.8. The highest BCUT2D eigenvalue weighted by Crippen LogP contribution is 2.30. The summed E-state index contributed by atoms with van der Waals surface area (Å²) in [7, 11) is 1.42. The summed E-state index contributed by atoms with van der Waals surface area (Å²) >= 11 is 0. The molecule has 0 unspecified atom stereocenters. The molecule has 2 aromatic rings. The zero-order valence-electron chi connectivity index (χ0n) is 14.2. The van der Waals surface area contributed by atoms with Gasteiger partial charge >= 0.3 is 5.69 Å². The number of aryl methyl sites for hydroxylation is 1. The van der Waals surface area contributed by atoms with Gasteiger partial charge in [0.2, 0.25) is 0 Å². The Morgan fingerprint density at radius 1 is 1.24 bits per heavy atom. The van der Waals surface area contributed by atoms with Gasteiger partial charge in [-0.2, -0.15) is 0 Å². The SMILES string of the molecule is COc1ccc(OCC(=O)NCCc2ccccc2C)c([N+](=O)[O-])c1. The van der Waals surface area contributed by atoms with Gasteiger partial charge in [0.25, 0.3) is 5.91 Å². The van der Waals surface area contributed by atoms with E-state index in [9.17, 15) is 14.9 Å². The third kappa shape index (κ3) is 5.20. The van der Waals surface area contributed by atoms with Crippen molar-refractivity contribution >= 4 is 11.6 Å². The molecular weight excluding hydrogens is 324 g/mol. The monoisotopic (exact) mass is 344 g/mol. The number of amides is 1. The van der Waals surface area contributed by atoms with E-state index in [1.165, 1.54) is 24.8 Å². The Kier molecular flexibility index (Phi) is 6.33. The van der Waals surface area contributed by atoms with Crippen molar-refractivity contribution in [1.82, 2.24) is 5.32 Å². The van der Waals surface area contributed by atoms with Crippen LogP contribution in [0.2, 0.25) is 0 Å². The fourth-order valence-corrected chi connectivity index (χ4v) is 2.31. The van der Waals surface area contributed by atoms with Crippen molar-refractivity contribution in [1.29, 1.82) is 0 Å². The second kappa shape index (κ2) is 8.68. The Hall–Kier alpha value is -3.09. The average Bonchev–Trinajstić information content (AvgIpc) is 2.61. The maximum atomic E-state index is 11.9. The van der Waals surface area contributed by atoms with Gasteiger partial charge in [-0.05, 0) is 36.6 Å². The molecule has 2 aromatic carbocycles. The third-order valence-electron chi connectivity index (χ3n) is 3.70. The lowest BCUT2D eigenvalue weighted by Crippen LogP contribution is -2.30. The van der Waals surface area contributed by atoms with E-state index in [1.54, 1.807) is 6.07 Å². The lowest BCUT2D eigenvalue weighted by Gasteiger charge is -2.09. The zero-order valence-corrected chi connectivity index (χ0v) is 14.2. The molecule has 2 rings (SSSR count). The summed E-state index contributed by atoms with van der Waals surface area (Å²) in [6.07, 6.45) is 0.709. The minimum Gasteiger partial charge on any atom is -0.496 e. The second-order valence-electron chi connectivity index (χ2n) is 5.41.